The summed E-state index contributed by atoms with van der Waals surface area (Å²) in [5, 5.41) is 26.3. The third kappa shape index (κ3) is 6.92. The van der Waals surface area contributed by atoms with E-state index in [2.05, 4.69) is 20.0 Å². The second-order valence-electron chi connectivity index (χ2n) is 12.4. The molecule has 6 atom stereocenters. The Bertz CT molecular complexity index is 1650. The van der Waals surface area contributed by atoms with Gasteiger partial charge in [0.05, 0.1) is 42.1 Å². The number of aromatic nitrogens is 3. The molecule has 1 aliphatic rings. The van der Waals surface area contributed by atoms with Crippen LogP contribution in [0.3, 0.4) is 0 Å². The fourth-order valence-corrected chi connectivity index (χ4v) is 6.92. The Morgan fingerprint density at radius 2 is 1.88 bits per heavy atom. The number of carbonyl (C=O) groups excluding carboxylic acids is 1. The number of aryl methyl sites for hydroxylation is 1. The van der Waals surface area contributed by atoms with E-state index >= 15 is 0 Å². The van der Waals surface area contributed by atoms with Crippen molar-refractivity contribution in [2.45, 2.75) is 65.2 Å². The lowest BCUT2D eigenvalue weighted by Gasteiger charge is -2.26. The van der Waals surface area contributed by atoms with Crippen LogP contribution in [0.1, 0.15) is 51.3 Å². The van der Waals surface area contributed by atoms with Crippen LogP contribution >= 0.6 is 7.75 Å². The van der Waals surface area contributed by atoms with Gasteiger partial charge < -0.3 is 24.5 Å². The van der Waals surface area contributed by atoms with E-state index in [1.807, 2.05) is 58.0 Å². The number of esters is 1. The Labute approximate surface area is 250 Å². The predicted molar refractivity (Wildman–Crippen MR) is 163 cm³/mol. The van der Waals surface area contributed by atoms with E-state index in [-0.39, 0.29) is 18.6 Å². The summed E-state index contributed by atoms with van der Waals surface area (Å²) in [5.41, 5.74) is 2.73. The molecule has 1 fully saturated rings. The first-order chi connectivity index (χ1) is 20.3. The van der Waals surface area contributed by atoms with Gasteiger partial charge in [-0.1, -0.05) is 57.2 Å². The summed E-state index contributed by atoms with van der Waals surface area (Å²) in [6.07, 6.45) is 1.33. The van der Waals surface area contributed by atoms with Gasteiger partial charge in [0, 0.05) is 29.0 Å². The number of H-pyrrole nitrogens is 1. The second-order valence-corrected chi connectivity index (χ2v) is 14.1. The predicted octanol–water partition coefficient (Wildman–Crippen LogP) is 5.02. The lowest BCUT2D eigenvalue weighted by atomic mass is 9.96. The summed E-state index contributed by atoms with van der Waals surface area (Å²) < 4.78 is 31.7. The fraction of sp³-hybridized carbons (Fsp3) is 0.452. The molecule has 12 heteroatoms. The summed E-state index contributed by atoms with van der Waals surface area (Å²) in [6, 6.07) is 11.8. The van der Waals surface area contributed by atoms with Crippen molar-refractivity contribution in [1.29, 1.82) is 0 Å². The van der Waals surface area contributed by atoms with Crippen molar-refractivity contribution in [3.63, 3.8) is 0 Å². The molecule has 4 aromatic rings. The molecular formula is C31H39N4O7P. The highest BCUT2D eigenvalue weighted by molar-refractivity contribution is 7.52. The van der Waals surface area contributed by atoms with E-state index in [9.17, 15) is 19.6 Å². The Balaban J connectivity index is 1.36. The minimum atomic E-state index is -4.21. The Morgan fingerprint density at radius 3 is 2.65 bits per heavy atom. The molecule has 0 spiro atoms. The number of aromatic amines is 1. The molecule has 0 bridgehead atoms. The van der Waals surface area contributed by atoms with Gasteiger partial charge >= 0.3 is 13.7 Å². The zero-order valence-electron chi connectivity index (χ0n) is 25.0. The number of aliphatic hydroxyl groups is 2. The van der Waals surface area contributed by atoms with Crippen molar-refractivity contribution in [3.05, 3.63) is 66.2 Å². The number of nitrogens with one attached hydrogen (secondary N) is 2. The molecule has 230 valence electrons. The van der Waals surface area contributed by atoms with Crippen molar-refractivity contribution >= 4 is 35.5 Å². The minimum Gasteiger partial charge on any atom is -0.464 e. The van der Waals surface area contributed by atoms with E-state index in [4.69, 9.17) is 13.8 Å². The second kappa shape index (κ2) is 12.3. The number of ether oxygens (including phenoxy) is 1. The molecule has 5 rings (SSSR count). The van der Waals surface area contributed by atoms with Gasteiger partial charge in [-0.25, -0.2) is 14.5 Å². The standard InChI is InChI=1S/C31H39N4O7P/c1-18-26-27(34-17-33-18)24(14-32-26)23-13-21(28(36)29(23)37)15-41-43(39,35-19(2)30(38)40-16-31(3,4)5)42-25-12-8-10-20-9-6-7-11-22(20)25/h6-12,14,17,19,21,23,28-29,32,36-37H,13,15-16H2,1-5H3,(H,35,39)/t19?,21-,23+,28-,29+,43?/m1/s1. The Kier molecular flexibility index (Phi) is 8.92. The first-order valence-electron chi connectivity index (χ1n) is 14.4. The first kappa shape index (κ1) is 31.1. The van der Waals surface area contributed by atoms with Crippen LogP contribution in [-0.4, -0.2) is 62.6 Å². The molecule has 2 unspecified atom stereocenters. The van der Waals surface area contributed by atoms with Crippen molar-refractivity contribution in [1.82, 2.24) is 20.0 Å². The number of hydrogen-bond acceptors (Lipinski definition) is 9. The van der Waals surface area contributed by atoms with Crippen LogP contribution in [0.4, 0.5) is 0 Å². The lowest BCUT2D eigenvalue weighted by Crippen LogP contribution is -2.37. The first-order valence-corrected chi connectivity index (χ1v) is 15.9. The van der Waals surface area contributed by atoms with Gasteiger partial charge in [-0.15, -0.1) is 0 Å². The minimum absolute atomic E-state index is 0.180. The SMILES string of the molecule is Cc1ncnc2c([C@@H]3C[C@H](COP(=O)(NC(C)C(=O)OCC(C)(C)C)Oc4cccc5ccccc45)[C@@H](O)[C@H]3O)c[nH]c12. The van der Waals surface area contributed by atoms with Gasteiger partial charge in [-0.2, -0.15) is 5.09 Å². The fourth-order valence-electron chi connectivity index (χ4n) is 5.36. The highest BCUT2D eigenvalue weighted by Crippen LogP contribution is 2.49. The normalized spacial score (nSPS) is 22.9. The van der Waals surface area contributed by atoms with Crippen molar-refractivity contribution in [2.75, 3.05) is 13.2 Å². The van der Waals surface area contributed by atoms with Crippen LogP contribution in [0.5, 0.6) is 5.75 Å². The molecule has 0 amide bonds. The number of carbonyl (C=O) groups is 1. The van der Waals surface area contributed by atoms with Crippen LogP contribution in [0.25, 0.3) is 21.8 Å². The molecule has 43 heavy (non-hydrogen) atoms. The number of aliphatic hydroxyl groups excluding tert-OH is 2. The highest BCUT2D eigenvalue weighted by atomic mass is 31.2. The average Bonchev–Trinajstić information content (AvgIpc) is 3.51. The van der Waals surface area contributed by atoms with E-state index in [1.54, 1.807) is 18.3 Å². The van der Waals surface area contributed by atoms with E-state index < -0.39 is 43.8 Å². The molecule has 4 N–H and O–H groups in total. The third-order valence-corrected chi connectivity index (χ3v) is 9.29. The number of nitrogens with zero attached hydrogens (tertiary/aromatic N) is 2. The average molecular weight is 611 g/mol. The molecule has 1 saturated carbocycles. The maximum Gasteiger partial charge on any atom is 0.459 e. The molecule has 0 saturated heterocycles. The van der Waals surface area contributed by atoms with Crippen LogP contribution in [0.2, 0.25) is 0 Å². The molecule has 11 nitrogen and oxygen atoms in total. The molecule has 2 heterocycles. The van der Waals surface area contributed by atoms with E-state index in [1.165, 1.54) is 13.3 Å². The van der Waals surface area contributed by atoms with Gasteiger partial charge in [0.2, 0.25) is 0 Å². The number of rotatable bonds is 10. The summed E-state index contributed by atoms with van der Waals surface area (Å²) in [7, 11) is -4.21. The number of fused-ring (bicyclic) bond motifs is 2. The highest BCUT2D eigenvalue weighted by Gasteiger charge is 2.45. The van der Waals surface area contributed by atoms with Crippen molar-refractivity contribution in [2.24, 2.45) is 11.3 Å². The van der Waals surface area contributed by atoms with Gasteiger partial charge in [0.1, 0.15) is 18.1 Å². The number of hydrogen-bond donors (Lipinski definition) is 4. The molecule has 0 radical (unpaired) electrons. The Hall–Kier alpha value is -3.34. The van der Waals surface area contributed by atoms with Crippen molar-refractivity contribution < 1.29 is 33.4 Å². The topological polar surface area (TPSA) is 156 Å². The molecule has 2 aromatic heterocycles. The van der Waals surface area contributed by atoms with Crippen LogP contribution in [-0.2, 0) is 18.6 Å². The monoisotopic (exact) mass is 610 g/mol. The number of benzene rings is 2. The van der Waals surface area contributed by atoms with E-state index in [0.29, 0.717) is 23.1 Å². The van der Waals surface area contributed by atoms with Gasteiger partial charge in [-0.05, 0) is 37.1 Å². The molecule has 1 aliphatic carbocycles. The molecule has 0 aliphatic heterocycles. The zero-order valence-corrected chi connectivity index (χ0v) is 25.9. The van der Waals surface area contributed by atoms with E-state index in [0.717, 1.165) is 22.2 Å². The largest absolute Gasteiger partial charge is 0.464 e. The van der Waals surface area contributed by atoms with Crippen LogP contribution in [0.15, 0.2) is 55.0 Å². The molecule has 2 aromatic carbocycles. The van der Waals surface area contributed by atoms with Gasteiger partial charge in [0.25, 0.3) is 0 Å². The van der Waals surface area contributed by atoms with Gasteiger partial charge in [0.15, 0.2) is 0 Å². The third-order valence-electron chi connectivity index (χ3n) is 7.66. The Morgan fingerprint density at radius 1 is 1.14 bits per heavy atom. The maximum absolute atomic E-state index is 14.3. The van der Waals surface area contributed by atoms with Crippen molar-refractivity contribution in [3.8, 4) is 5.75 Å². The quantitative estimate of drug-likeness (QED) is 0.142. The molecular weight excluding hydrogens is 571 g/mol. The summed E-state index contributed by atoms with van der Waals surface area (Å²) in [6.45, 7) is 9.18. The zero-order chi connectivity index (χ0) is 30.9. The summed E-state index contributed by atoms with van der Waals surface area (Å²) in [4.78, 5) is 24.5. The van der Waals surface area contributed by atoms with Gasteiger partial charge in [-0.3, -0.25) is 9.32 Å². The summed E-state index contributed by atoms with van der Waals surface area (Å²) in [5.74, 6) is -1.32. The van der Waals surface area contributed by atoms with Crippen LogP contribution in [0, 0.1) is 18.3 Å². The summed E-state index contributed by atoms with van der Waals surface area (Å²) >= 11 is 0. The lowest BCUT2D eigenvalue weighted by molar-refractivity contribution is -0.148. The van der Waals surface area contributed by atoms with Crippen LogP contribution < -0.4 is 9.61 Å². The maximum atomic E-state index is 14.3. The smallest absolute Gasteiger partial charge is 0.459 e.